The zero-order valence-corrected chi connectivity index (χ0v) is 13.3. The van der Waals surface area contributed by atoms with Crippen molar-refractivity contribution >= 4 is 29.2 Å². The van der Waals surface area contributed by atoms with Crippen LogP contribution in [0.15, 0.2) is 42.5 Å². The number of hydrogen-bond donors (Lipinski definition) is 0. The molecule has 0 unspecified atom stereocenters. The van der Waals surface area contributed by atoms with E-state index in [9.17, 15) is 19.7 Å². The first kappa shape index (κ1) is 17.4. The van der Waals surface area contributed by atoms with Gasteiger partial charge in [0.15, 0.2) is 0 Å². The minimum absolute atomic E-state index is 0.102. The SMILES string of the molecule is COC(=O)c1cc(C(=O)OCc2ccccc2Cl)cc([N+](=O)[O-])c1. The molecule has 0 aliphatic rings. The summed E-state index contributed by atoms with van der Waals surface area (Å²) in [5.74, 6) is -1.61. The summed E-state index contributed by atoms with van der Waals surface area (Å²) >= 11 is 5.96. The Morgan fingerprint density at radius 3 is 2.33 bits per heavy atom. The average molecular weight is 350 g/mol. The number of halogens is 1. The molecule has 0 radical (unpaired) electrons. The van der Waals surface area contributed by atoms with Crippen LogP contribution in [-0.4, -0.2) is 24.0 Å². The first-order valence-corrected chi connectivity index (χ1v) is 7.08. The largest absolute Gasteiger partial charge is 0.465 e. The lowest BCUT2D eigenvalue weighted by molar-refractivity contribution is -0.384. The summed E-state index contributed by atoms with van der Waals surface area (Å²) in [6.07, 6.45) is 0. The Bertz CT molecular complexity index is 805. The Morgan fingerprint density at radius 1 is 1.12 bits per heavy atom. The van der Waals surface area contributed by atoms with E-state index in [2.05, 4.69) is 4.74 Å². The van der Waals surface area contributed by atoms with Crippen LogP contribution < -0.4 is 0 Å². The molecule has 124 valence electrons. The number of methoxy groups -OCH3 is 1. The van der Waals surface area contributed by atoms with Crippen molar-refractivity contribution in [1.29, 1.82) is 0 Å². The Kier molecular flexibility index (Phi) is 5.49. The van der Waals surface area contributed by atoms with E-state index in [1.165, 1.54) is 6.07 Å². The van der Waals surface area contributed by atoms with Crippen molar-refractivity contribution in [3.05, 3.63) is 74.3 Å². The number of hydrogen-bond acceptors (Lipinski definition) is 6. The summed E-state index contributed by atoms with van der Waals surface area (Å²) < 4.78 is 9.62. The smallest absolute Gasteiger partial charge is 0.338 e. The molecule has 0 saturated carbocycles. The summed E-state index contributed by atoms with van der Waals surface area (Å²) in [4.78, 5) is 33.9. The molecule has 0 amide bonds. The number of rotatable bonds is 5. The topological polar surface area (TPSA) is 95.7 Å². The van der Waals surface area contributed by atoms with Crippen LogP contribution in [-0.2, 0) is 16.1 Å². The highest BCUT2D eigenvalue weighted by atomic mass is 35.5. The number of nitro benzene ring substituents is 1. The quantitative estimate of drug-likeness (QED) is 0.466. The number of esters is 2. The molecule has 0 spiro atoms. The fraction of sp³-hybridized carbons (Fsp3) is 0.125. The number of nitro groups is 1. The molecule has 8 heteroatoms. The van der Waals surface area contributed by atoms with Gasteiger partial charge in [0, 0.05) is 22.7 Å². The molecule has 2 aromatic rings. The molecule has 0 heterocycles. The predicted octanol–water partition coefficient (Wildman–Crippen LogP) is 3.39. The normalized spacial score (nSPS) is 10.1. The van der Waals surface area contributed by atoms with Crippen molar-refractivity contribution in [1.82, 2.24) is 0 Å². The molecule has 0 atom stereocenters. The van der Waals surface area contributed by atoms with Crippen molar-refractivity contribution in [3.8, 4) is 0 Å². The maximum absolute atomic E-state index is 12.1. The van der Waals surface area contributed by atoms with Gasteiger partial charge in [-0.1, -0.05) is 29.8 Å². The first-order chi connectivity index (χ1) is 11.4. The third kappa shape index (κ3) is 4.08. The summed E-state index contributed by atoms with van der Waals surface area (Å²) in [5.41, 5.74) is -0.0678. The van der Waals surface area contributed by atoms with Crippen molar-refractivity contribution in [2.75, 3.05) is 7.11 Å². The molecule has 0 bridgehead atoms. The van der Waals surface area contributed by atoms with Crippen LogP contribution in [0.1, 0.15) is 26.3 Å². The van der Waals surface area contributed by atoms with Gasteiger partial charge in [-0.3, -0.25) is 10.1 Å². The third-order valence-electron chi connectivity index (χ3n) is 3.10. The molecule has 0 aliphatic carbocycles. The lowest BCUT2D eigenvalue weighted by atomic mass is 10.1. The van der Waals surface area contributed by atoms with Gasteiger partial charge in [-0.25, -0.2) is 9.59 Å². The minimum atomic E-state index is -0.816. The van der Waals surface area contributed by atoms with Gasteiger partial charge in [0.25, 0.3) is 5.69 Å². The average Bonchev–Trinajstić information content (AvgIpc) is 2.59. The van der Waals surface area contributed by atoms with Crippen molar-refractivity contribution < 1.29 is 24.0 Å². The number of benzene rings is 2. The van der Waals surface area contributed by atoms with E-state index in [-0.39, 0.29) is 17.7 Å². The Balaban J connectivity index is 2.25. The van der Waals surface area contributed by atoms with Gasteiger partial charge in [-0.2, -0.15) is 0 Å². The molecule has 0 saturated heterocycles. The molecule has 0 N–H and O–H groups in total. The molecule has 0 aliphatic heterocycles. The van der Waals surface area contributed by atoms with E-state index in [4.69, 9.17) is 16.3 Å². The van der Waals surface area contributed by atoms with E-state index in [0.29, 0.717) is 10.6 Å². The molecule has 24 heavy (non-hydrogen) atoms. The number of carbonyl (C=O) groups excluding carboxylic acids is 2. The highest BCUT2D eigenvalue weighted by Gasteiger charge is 2.19. The Hall–Kier alpha value is -2.93. The summed E-state index contributed by atoms with van der Waals surface area (Å²) in [6.45, 7) is -0.102. The summed E-state index contributed by atoms with van der Waals surface area (Å²) in [5, 5.41) is 11.4. The maximum Gasteiger partial charge on any atom is 0.338 e. The summed E-state index contributed by atoms with van der Waals surface area (Å²) in [7, 11) is 1.14. The van der Waals surface area contributed by atoms with E-state index in [0.717, 1.165) is 19.2 Å². The van der Waals surface area contributed by atoms with E-state index >= 15 is 0 Å². The van der Waals surface area contributed by atoms with Crippen LogP contribution >= 0.6 is 11.6 Å². The van der Waals surface area contributed by atoms with Gasteiger partial charge >= 0.3 is 11.9 Å². The third-order valence-corrected chi connectivity index (χ3v) is 3.47. The minimum Gasteiger partial charge on any atom is -0.465 e. The first-order valence-electron chi connectivity index (χ1n) is 6.70. The molecule has 0 fully saturated rings. The maximum atomic E-state index is 12.1. The zero-order valence-electron chi connectivity index (χ0n) is 12.5. The lowest BCUT2D eigenvalue weighted by Gasteiger charge is -2.07. The van der Waals surface area contributed by atoms with Crippen LogP contribution in [0.4, 0.5) is 5.69 Å². The fourth-order valence-corrected chi connectivity index (χ4v) is 2.10. The molecule has 2 aromatic carbocycles. The predicted molar refractivity (Wildman–Crippen MR) is 85.0 cm³/mol. The molecular formula is C16H12ClNO6. The molecular weight excluding hydrogens is 338 g/mol. The standard InChI is InChI=1S/C16H12ClNO6/c1-23-15(19)11-6-12(8-13(7-11)18(21)22)16(20)24-9-10-4-2-3-5-14(10)17/h2-8H,9H2,1H3. The number of nitrogens with zero attached hydrogens (tertiary/aromatic N) is 1. The van der Waals surface area contributed by atoms with Crippen molar-refractivity contribution in [2.24, 2.45) is 0 Å². The van der Waals surface area contributed by atoms with Crippen LogP contribution in [0.3, 0.4) is 0 Å². The van der Waals surface area contributed by atoms with E-state index < -0.39 is 22.5 Å². The van der Waals surface area contributed by atoms with Gasteiger partial charge in [-0.05, 0) is 12.1 Å². The number of carbonyl (C=O) groups is 2. The molecule has 0 aromatic heterocycles. The second kappa shape index (κ2) is 7.56. The van der Waals surface area contributed by atoms with E-state index in [1.54, 1.807) is 24.3 Å². The van der Waals surface area contributed by atoms with Gasteiger partial charge in [0.2, 0.25) is 0 Å². The van der Waals surface area contributed by atoms with Crippen LogP contribution in [0.5, 0.6) is 0 Å². The van der Waals surface area contributed by atoms with Gasteiger partial charge < -0.3 is 9.47 Å². The second-order valence-electron chi connectivity index (χ2n) is 4.68. The zero-order chi connectivity index (χ0) is 17.7. The highest BCUT2D eigenvalue weighted by molar-refractivity contribution is 6.31. The molecule has 7 nitrogen and oxygen atoms in total. The Morgan fingerprint density at radius 2 is 1.75 bits per heavy atom. The van der Waals surface area contributed by atoms with Crippen LogP contribution in [0.25, 0.3) is 0 Å². The monoisotopic (exact) mass is 349 g/mol. The van der Waals surface area contributed by atoms with Gasteiger partial charge in [-0.15, -0.1) is 0 Å². The van der Waals surface area contributed by atoms with Crippen LogP contribution in [0, 0.1) is 10.1 Å². The van der Waals surface area contributed by atoms with Crippen molar-refractivity contribution in [3.63, 3.8) is 0 Å². The van der Waals surface area contributed by atoms with E-state index in [1.807, 2.05) is 0 Å². The van der Waals surface area contributed by atoms with Gasteiger partial charge in [0.05, 0.1) is 23.2 Å². The van der Waals surface area contributed by atoms with Crippen LogP contribution in [0.2, 0.25) is 5.02 Å². The highest BCUT2D eigenvalue weighted by Crippen LogP contribution is 2.20. The number of ether oxygens (including phenoxy) is 2. The van der Waals surface area contributed by atoms with Crippen molar-refractivity contribution in [2.45, 2.75) is 6.61 Å². The summed E-state index contributed by atoms with van der Waals surface area (Å²) in [6, 6.07) is 10.0. The second-order valence-corrected chi connectivity index (χ2v) is 5.09. The fourth-order valence-electron chi connectivity index (χ4n) is 1.91. The molecule has 2 rings (SSSR count). The number of non-ortho nitro benzene ring substituents is 1. The Labute approximate surface area is 141 Å². The van der Waals surface area contributed by atoms with Gasteiger partial charge in [0.1, 0.15) is 6.61 Å². The lowest BCUT2D eigenvalue weighted by Crippen LogP contribution is -2.09.